The van der Waals surface area contributed by atoms with Crippen molar-refractivity contribution < 1.29 is 24.2 Å². The number of urea groups is 1. The summed E-state index contributed by atoms with van der Waals surface area (Å²) in [6.07, 6.45) is 1.24. The number of rotatable bonds is 4. The van der Waals surface area contributed by atoms with Crippen molar-refractivity contribution >= 4 is 52.8 Å². The number of hydrogen-bond acceptors (Lipinski definition) is 5. The zero-order chi connectivity index (χ0) is 20.4. The molecule has 1 heterocycles. The van der Waals surface area contributed by atoms with Crippen LogP contribution in [0.5, 0.6) is 11.5 Å². The lowest BCUT2D eigenvalue weighted by Crippen LogP contribution is -2.54. The molecule has 4 amide bonds. The number of anilines is 1. The normalized spacial score (nSPS) is 15.8. The second kappa shape index (κ2) is 7.92. The molecule has 1 aliphatic heterocycles. The van der Waals surface area contributed by atoms with E-state index < -0.39 is 17.8 Å². The van der Waals surface area contributed by atoms with E-state index in [4.69, 9.17) is 27.9 Å². The molecule has 7 nitrogen and oxygen atoms in total. The lowest BCUT2D eigenvalue weighted by atomic mass is 10.1. The number of carbonyl (C=O) groups is 3. The SMILES string of the molecule is CCOc1ccc(N2C(=O)NC(=O)/C(=C/c3cc(Cl)c(O)c(Cl)c3)C2=O)cc1. The number of benzene rings is 2. The Labute approximate surface area is 170 Å². The highest BCUT2D eigenvalue weighted by atomic mass is 35.5. The molecule has 1 aliphatic rings. The molecule has 0 radical (unpaired) electrons. The molecule has 1 fully saturated rings. The summed E-state index contributed by atoms with van der Waals surface area (Å²) in [5.74, 6) is -1.39. The minimum atomic E-state index is -0.863. The first-order valence-corrected chi connectivity index (χ1v) is 8.89. The van der Waals surface area contributed by atoms with Crippen LogP contribution in [-0.4, -0.2) is 29.6 Å². The van der Waals surface area contributed by atoms with Gasteiger partial charge in [0.05, 0.1) is 22.3 Å². The number of phenols is 1. The van der Waals surface area contributed by atoms with Gasteiger partial charge in [-0.15, -0.1) is 0 Å². The van der Waals surface area contributed by atoms with Gasteiger partial charge in [0, 0.05) is 0 Å². The van der Waals surface area contributed by atoms with Gasteiger partial charge in [0.25, 0.3) is 11.8 Å². The van der Waals surface area contributed by atoms with E-state index in [9.17, 15) is 19.5 Å². The van der Waals surface area contributed by atoms with Crippen molar-refractivity contribution in [1.82, 2.24) is 5.32 Å². The van der Waals surface area contributed by atoms with Gasteiger partial charge in [0.15, 0.2) is 5.75 Å². The number of amides is 4. The van der Waals surface area contributed by atoms with E-state index >= 15 is 0 Å². The molecule has 0 aromatic heterocycles. The van der Waals surface area contributed by atoms with Crippen molar-refractivity contribution in [2.75, 3.05) is 11.5 Å². The maximum absolute atomic E-state index is 12.8. The van der Waals surface area contributed by atoms with Gasteiger partial charge in [-0.2, -0.15) is 0 Å². The van der Waals surface area contributed by atoms with E-state index in [0.717, 1.165) is 4.90 Å². The Morgan fingerprint density at radius 2 is 1.71 bits per heavy atom. The molecule has 3 rings (SSSR count). The fraction of sp³-hybridized carbons (Fsp3) is 0.105. The number of halogens is 2. The summed E-state index contributed by atoms with van der Waals surface area (Å²) in [7, 11) is 0. The van der Waals surface area contributed by atoms with Gasteiger partial charge >= 0.3 is 6.03 Å². The van der Waals surface area contributed by atoms with Gasteiger partial charge in [0.2, 0.25) is 0 Å². The number of carbonyl (C=O) groups excluding carboxylic acids is 3. The summed E-state index contributed by atoms with van der Waals surface area (Å²) in [6.45, 7) is 2.31. The van der Waals surface area contributed by atoms with Gasteiger partial charge in [-0.1, -0.05) is 23.2 Å². The summed E-state index contributed by atoms with van der Waals surface area (Å²) in [4.78, 5) is 38.1. The number of phenolic OH excluding ortho intramolecular Hbond substituents is 1. The number of nitrogens with zero attached hydrogens (tertiary/aromatic N) is 1. The Bertz CT molecular complexity index is 979. The van der Waals surface area contributed by atoms with Crippen molar-refractivity contribution in [3.8, 4) is 11.5 Å². The minimum Gasteiger partial charge on any atom is -0.505 e. The van der Waals surface area contributed by atoms with Gasteiger partial charge < -0.3 is 9.84 Å². The third-order valence-electron chi connectivity index (χ3n) is 3.86. The summed E-state index contributed by atoms with van der Waals surface area (Å²) >= 11 is 11.7. The van der Waals surface area contributed by atoms with Crippen LogP contribution < -0.4 is 15.0 Å². The molecule has 144 valence electrons. The fourth-order valence-electron chi connectivity index (χ4n) is 2.59. The molecule has 0 unspecified atom stereocenters. The van der Waals surface area contributed by atoms with Crippen LogP contribution in [0.25, 0.3) is 6.08 Å². The average molecular weight is 421 g/mol. The van der Waals surface area contributed by atoms with Crippen molar-refractivity contribution in [3.63, 3.8) is 0 Å². The number of ether oxygens (including phenoxy) is 1. The highest BCUT2D eigenvalue weighted by molar-refractivity contribution is 6.40. The Hall–Kier alpha value is -3.03. The Balaban J connectivity index is 1.98. The standard InChI is InChI=1S/C19H14Cl2N2O5/c1-2-28-12-5-3-11(4-6-12)23-18(26)13(17(25)22-19(23)27)7-10-8-14(20)16(24)15(21)9-10/h3-9,24H,2H2,1H3,(H,22,25,27)/b13-7-. The van der Waals surface area contributed by atoms with E-state index in [-0.39, 0.29) is 27.1 Å². The third-order valence-corrected chi connectivity index (χ3v) is 4.43. The zero-order valence-electron chi connectivity index (χ0n) is 14.5. The van der Waals surface area contributed by atoms with Crippen LogP contribution >= 0.6 is 23.2 Å². The van der Waals surface area contributed by atoms with Gasteiger partial charge in [-0.25, -0.2) is 9.69 Å². The average Bonchev–Trinajstić information content (AvgIpc) is 2.64. The summed E-state index contributed by atoms with van der Waals surface area (Å²) in [6, 6.07) is 8.10. The topological polar surface area (TPSA) is 95.9 Å². The minimum absolute atomic E-state index is 0.0394. The smallest absolute Gasteiger partial charge is 0.335 e. The maximum atomic E-state index is 12.8. The molecule has 2 aromatic rings. The highest BCUT2D eigenvalue weighted by Crippen LogP contribution is 2.34. The summed E-state index contributed by atoms with van der Waals surface area (Å²) in [5, 5.41) is 11.7. The molecule has 0 saturated carbocycles. The predicted octanol–water partition coefficient (Wildman–Crippen LogP) is 3.76. The number of nitrogens with one attached hydrogen (secondary N) is 1. The quantitative estimate of drug-likeness (QED) is 0.579. The molecular weight excluding hydrogens is 407 g/mol. The van der Waals surface area contributed by atoms with Crippen molar-refractivity contribution in [3.05, 3.63) is 57.6 Å². The maximum Gasteiger partial charge on any atom is 0.335 e. The molecule has 2 N–H and O–H groups in total. The van der Waals surface area contributed by atoms with Gasteiger partial charge in [-0.05, 0) is 55.0 Å². The van der Waals surface area contributed by atoms with E-state index in [2.05, 4.69) is 5.32 Å². The molecule has 0 spiro atoms. The van der Waals surface area contributed by atoms with Crippen LogP contribution in [0.1, 0.15) is 12.5 Å². The molecule has 0 aliphatic carbocycles. The van der Waals surface area contributed by atoms with E-state index in [0.29, 0.717) is 17.9 Å². The monoisotopic (exact) mass is 420 g/mol. The van der Waals surface area contributed by atoms with Crippen LogP contribution in [0.15, 0.2) is 42.0 Å². The number of aromatic hydroxyl groups is 1. The number of imide groups is 2. The second-order valence-corrected chi connectivity index (χ2v) is 6.53. The Morgan fingerprint density at radius 3 is 2.29 bits per heavy atom. The first-order chi connectivity index (χ1) is 13.3. The van der Waals surface area contributed by atoms with Crippen LogP contribution in [0.4, 0.5) is 10.5 Å². The Morgan fingerprint density at radius 1 is 1.11 bits per heavy atom. The third kappa shape index (κ3) is 3.81. The number of barbiturate groups is 1. The van der Waals surface area contributed by atoms with Crippen LogP contribution in [0.3, 0.4) is 0 Å². The van der Waals surface area contributed by atoms with Crippen LogP contribution in [0.2, 0.25) is 10.0 Å². The van der Waals surface area contributed by atoms with E-state index in [1.165, 1.54) is 30.3 Å². The first kappa shape index (κ1) is 19.7. The molecule has 28 heavy (non-hydrogen) atoms. The first-order valence-electron chi connectivity index (χ1n) is 8.14. The Kier molecular flexibility index (Phi) is 5.58. The fourth-order valence-corrected chi connectivity index (χ4v) is 3.09. The predicted molar refractivity (Wildman–Crippen MR) is 105 cm³/mol. The summed E-state index contributed by atoms with van der Waals surface area (Å²) < 4.78 is 5.34. The molecular formula is C19H14Cl2N2O5. The van der Waals surface area contributed by atoms with Crippen molar-refractivity contribution in [1.29, 1.82) is 0 Å². The summed E-state index contributed by atoms with van der Waals surface area (Å²) in [5.41, 5.74) is 0.296. The van der Waals surface area contributed by atoms with Gasteiger partial charge in [0.1, 0.15) is 11.3 Å². The molecule has 0 atom stereocenters. The lowest BCUT2D eigenvalue weighted by Gasteiger charge is -2.26. The van der Waals surface area contributed by atoms with Crippen molar-refractivity contribution in [2.45, 2.75) is 6.92 Å². The van der Waals surface area contributed by atoms with E-state index in [1.807, 2.05) is 6.92 Å². The molecule has 2 aromatic carbocycles. The van der Waals surface area contributed by atoms with Crippen molar-refractivity contribution in [2.24, 2.45) is 0 Å². The van der Waals surface area contributed by atoms with E-state index in [1.54, 1.807) is 12.1 Å². The lowest BCUT2D eigenvalue weighted by molar-refractivity contribution is -0.122. The second-order valence-electron chi connectivity index (χ2n) is 5.72. The molecule has 1 saturated heterocycles. The molecule has 9 heteroatoms. The largest absolute Gasteiger partial charge is 0.505 e. The number of hydrogen-bond donors (Lipinski definition) is 2. The highest BCUT2D eigenvalue weighted by Gasteiger charge is 2.36. The van der Waals surface area contributed by atoms with Crippen LogP contribution in [-0.2, 0) is 9.59 Å². The van der Waals surface area contributed by atoms with Gasteiger partial charge in [-0.3, -0.25) is 14.9 Å². The van der Waals surface area contributed by atoms with Crippen LogP contribution in [0, 0.1) is 0 Å². The molecule has 0 bridgehead atoms. The zero-order valence-corrected chi connectivity index (χ0v) is 16.0.